The second-order valence-electron chi connectivity index (χ2n) is 4.39. The Morgan fingerprint density at radius 2 is 1.89 bits per heavy atom. The first-order valence-electron chi connectivity index (χ1n) is 6.26. The van der Waals surface area contributed by atoms with E-state index in [0.717, 1.165) is 30.2 Å². The van der Waals surface area contributed by atoms with Gasteiger partial charge in [0.15, 0.2) is 0 Å². The van der Waals surface area contributed by atoms with Crippen LogP contribution in [0, 0.1) is 11.3 Å². The maximum Gasteiger partial charge on any atom is 0.135 e. The first-order valence-corrected chi connectivity index (χ1v) is 6.26. The van der Waals surface area contributed by atoms with Gasteiger partial charge in [0, 0.05) is 17.8 Å². The third kappa shape index (κ3) is 2.21. The minimum atomic E-state index is 0.678. The minimum absolute atomic E-state index is 0.678. The molecule has 3 nitrogen and oxygen atoms in total. The van der Waals surface area contributed by atoms with Gasteiger partial charge in [-0.15, -0.1) is 0 Å². The summed E-state index contributed by atoms with van der Waals surface area (Å²) in [6.45, 7) is 1.65. The van der Waals surface area contributed by atoms with Gasteiger partial charge in [-0.1, -0.05) is 36.4 Å². The molecule has 92 valence electrons. The molecule has 0 radical (unpaired) electrons. The highest BCUT2D eigenvalue weighted by atomic mass is 15.2. The van der Waals surface area contributed by atoms with Crippen molar-refractivity contribution in [2.45, 2.75) is 0 Å². The first-order chi connectivity index (χ1) is 9.38. The van der Waals surface area contributed by atoms with Gasteiger partial charge >= 0.3 is 0 Å². The summed E-state index contributed by atoms with van der Waals surface area (Å²) < 4.78 is 0. The molecule has 3 heteroatoms. The molecule has 0 bridgehead atoms. The molecule has 0 unspecified atom stereocenters. The fourth-order valence-electron chi connectivity index (χ4n) is 2.28. The zero-order chi connectivity index (χ0) is 13.1. The van der Waals surface area contributed by atoms with E-state index in [0.29, 0.717) is 5.56 Å². The number of nitrogens with zero attached hydrogens (tertiary/aromatic N) is 3. The van der Waals surface area contributed by atoms with Crippen LogP contribution in [0.5, 0.6) is 0 Å². The Hall–Kier alpha value is -2.60. The van der Waals surface area contributed by atoms with Gasteiger partial charge in [0.05, 0.1) is 18.2 Å². The lowest BCUT2D eigenvalue weighted by atomic mass is 10.1. The van der Waals surface area contributed by atoms with Crippen molar-refractivity contribution < 1.29 is 0 Å². The third-order valence-corrected chi connectivity index (χ3v) is 3.16. The van der Waals surface area contributed by atoms with Crippen molar-refractivity contribution in [2.75, 3.05) is 18.0 Å². The van der Waals surface area contributed by atoms with E-state index in [4.69, 9.17) is 5.26 Å². The molecule has 0 spiro atoms. The molecular weight excluding hydrogens is 234 g/mol. The van der Waals surface area contributed by atoms with Crippen LogP contribution in [0.2, 0.25) is 0 Å². The Kier molecular flexibility index (Phi) is 2.99. The summed E-state index contributed by atoms with van der Waals surface area (Å²) in [6, 6.07) is 20.0. The van der Waals surface area contributed by atoms with E-state index in [1.165, 1.54) is 0 Å². The summed E-state index contributed by atoms with van der Waals surface area (Å²) in [5, 5.41) is 8.99. The zero-order valence-corrected chi connectivity index (χ0v) is 10.5. The van der Waals surface area contributed by atoms with Gasteiger partial charge < -0.3 is 4.90 Å². The lowest BCUT2D eigenvalue weighted by molar-refractivity contribution is 1.02. The number of nitriles is 1. The van der Waals surface area contributed by atoms with Crippen LogP contribution in [0.1, 0.15) is 11.1 Å². The predicted molar refractivity (Wildman–Crippen MR) is 76.3 cm³/mol. The molecule has 0 amide bonds. The minimum Gasteiger partial charge on any atom is -0.324 e. The van der Waals surface area contributed by atoms with Crippen LogP contribution in [-0.4, -0.2) is 18.9 Å². The van der Waals surface area contributed by atoms with Gasteiger partial charge in [0.1, 0.15) is 5.84 Å². The fourth-order valence-corrected chi connectivity index (χ4v) is 2.28. The van der Waals surface area contributed by atoms with E-state index in [1.807, 2.05) is 42.5 Å². The summed E-state index contributed by atoms with van der Waals surface area (Å²) in [4.78, 5) is 6.74. The molecule has 1 aliphatic heterocycles. The van der Waals surface area contributed by atoms with Crippen molar-refractivity contribution in [1.82, 2.24) is 0 Å². The van der Waals surface area contributed by atoms with Crippen LogP contribution < -0.4 is 4.90 Å². The third-order valence-electron chi connectivity index (χ3n) is 3.16. The molecule has 0 saturated carbocycles. The van der Waals surface area contributed by atoms with E-state index < -0.39 is 0 Å². The van der Waals surface area contributed by atoms with Gasteiger partial charge in [-0.2, -0.15) is 5.26 Å². The normalized spacial score (nSPS) is 14.1. The molecule has 0 aliphatic carbocycles. The Morgan fingerprint density at radius 3 is 2.68 bits per heavy atom. The summed E-state index contributed by atoms with van der Waals surface area (Å²) in [5.41, 5.74) is 2.82. The van der Waals surface area contributed by atoms with E-state index in [9.17, 15) is 0 Å². The van der Waals surface area contributed by atoms with Crippen molar-refractivity contribution in [3.8, 4) is 6.07 Å². The summed E-state index contributed by atoms with van der Waals surface area (Å²) in [7, 11) is 0. The molecule has 0 saturated heterocycles. The lowest BCUT2D eigenvalue weighted by Crippen LogP contribution is -2.28. The maximum atomic E-state index is 8.99. The molecule has 0 aromatic heterocycles. The van der Waals surface area contributed by atoms with Crippen molar-refractivity contribution in [3.05, 3.63) is 65.7 Å². The first kappa shape index (κ1) is 11.5. The van der Waals surface area contributed by atoms with Crippen LogP contribution in [0.4, 0.5) is 5.69 Å². The van der Waals surface area contributed by atoms with Crippen molar-refractivity contribution in [1.29, 1.82) is 5.26 Å². The van der Waals surface area contributed by atoms with E-state index in [2.05, 4.69) is 28.1 Å². The molecule has 1 heterocycles. The molecule has 19 heavy (non-hydrogen) atoms. The lowest BCUT2D eigenvalue weighted by Gasteiger charge is -2.20. The van der Waals surface area contributed by atoms with Gasteiger partial charge in [-0.05, 0) is 18.2 Å². The highest BCUT2D eigenvalue weighted by Gasteiger charge is 2.19. The quantitative estimate of drug-likeness (QED) is 0.818. The Bertz CT molecular complexity index is 653. The predicted octanol–water partition coefficient (Wildman–Crippen LogP) is 2.83. The number of anilines is 1. The molecule has 0 fully saturated rings. The van der Waals surface area contributed by atoms with Crippen LogP contribution in [0.25, 0.3) is 0 Å². The average Bonchev–Trinajstić information content (AvgIpc) is 2.98. The Morgan fingerprint density at radius 1 is 1.05 bits per heavy atom. The van der Waals surface area contributed by atoms with Crippen LogP contribution in [-0.2, 0) is 0 Å². The highest BCUT2D eigenvalue weighted by molar-refractivity contribution is 6.11. The number of benzene rings is 2. The van der Waals surface area contributed by atoms with Crippen molar-refractivity contribution >= 4 is 11.5 Å². The number of hydrogen-bond acceptors (Lipinski definition) is 3. The molecule has 2 aromatic carbocycles. The fraction of sp³-hybridized carbons (Fsp3) is 0.125. The largest absolute Gasteiger partial charge is 0.324 e. The van der Waals surface area contributed by atoms with Crippen molar-refractivity contribution in [2.24, 2.45) is 4.99 Å². The standard InChI is InChI=1S/C16H13N3/c17-12-13-5-4-8-15(11-13)19-10-9-18-16(19)14-6-2-1-3-7-14/h1-8,11H,9-10H2. The molecule has 0 atom stereocenters. The van der Waals surface area contributed by atoms with Gasteiger partial charge in [0.25, 0.3) is 0 Å². The van der Waals surface area contributed by atoms with Gasteiger partial charge in [-0.25, -0.2) is 0 Å². The molecule has 2 aromatic rings. The topological polar surface area (TPSA) is 39.4 Å². The van der Waals surface area contributed by atoms with Crippen LogP contribution in [0.3, 0.4) is 0 Å². The molecule has 0 N–H and O–H groups in total. The Labute approximate surface area is 112 Å². The second kappa shape index (κ2) is 4.95. The number of rotatable bonds is 2. The molecular formula is C16H13N3. The summed E-state index contributed by atoms with van der Waals surface area (Å²) >= 11 is 0. The summed E-state index contributed by atoms with van der Waals surface area (Å²) in [6.07, 6.45) is 0. The zero-order valence-electron chi connectivity index (χ0n) is 10.5. The van der Waals surface area contributed by atoms with Crippen LogP contribution in [0.15, 0.2) is 59.6 Å². The smallest absolute Gasteiger partial charge is 0.135 e. The van der Waals surface area contributed by atoms with Crippen LogP contribution >= 0.6 is 0 Å². The van der Waals surface area contributed by atoms with E-state index >= 15 is 0 Å². The molecule has 1 aliphatic rings. The Balaban J connectivity index is 1.97. The number of hydrogen-bond donors (Lipinski definition) is 0. The average molecular weight is 247 g/mol. The van der Waals surface area contributed by atoms with Gasteiger partial charge in [0.2, 0.25) is 0 Å². The number of aliphatic imine (C=N–C) groups is 1. The monoisotopic (exact) mass is 247 g/mol. The van der Waals surface area contributed by atoms with Crippen molar-refractivity contribution in [3.63, 3.8) is 0 Å². The maximum absolute atomic E-state index is 8.99. The van der Waals surface area contributed by atoms with E-state index in [-0.39, 0.29) is 0 Å². The number of amidine groups is 1. The summed E-state index contributed by atoms with van der Waals surface area (Å²) in [5.74, 6) is 0.982. The van der Waals surface area contributed by atoms with E-state index in [1.54, 1.807) is 0 Å². The highest BCUT2D eigenvalue weighted by Crippen LogP contribution is 2.21. The SMILES string of the molecule is N#Cc1cccc(N2CCN=C2c2ccccc2)c1. The van der Waals surface area contributed by atoms with Gasteiger partial charge in [-0.3, -0.25) is 4.99 Å². The second-order valence-corrected chi connectivity index (χ2v) is 4.39. The molecule has 3 rings (SSSR count).